The number of ether oxygens (including phenoxy) is 1. The minimum absolute atomic E-state index is 0.151. The second-order valence-corrected chi connectivity index (χ2v) is 7.37. The molecule has 7 heteroatoms. The first-order chi connectivity index (χ1) is 14.0. The van der Waals surface area contributed by atoms with Crippen LogP contribution in [0.15, 0.2) is 54.6 Å². The van der Waals surface area contributed by atoms with E-state index in [4.69, 9.17) is 4.74 Å². The molecule has 2 aromatic carbocycles. The van der Waals surface area contributed by atoms with Crippen LogP contribution in [-0.4, -0.2) is 40.3 Å². The number of hydrogen-bond donors (Lipinski definition) is 2. The summed E-state index contributed by atoms with van der Waals surface area (Å²) >= 11 is 0. The number of halogens is 1. The summed E-state index contributed by atoms with van der Waals surface area (Å²) in [6.45, 7) is 0.732. The zero-order valence-corrected chi connectivity index (χ0v) is 15.7. The average Bonchev–Trinajstić information content (AvgIpc) is 3.28. The van der Waals surface area contributed by atoms with Crippen molar-refractivity contribution < 1.29 is 23.8 Å². The van der Waals surface area contributed by atoms with Crippen molar-refractivity contribution in [1.29, 1.82) is 0 Å². The maximum Gasteiger partial charge on any atom is 0.305 e. The highest BCUT2D eigenvalue weighted by molar-refractivity contribution is 5.99. The van der Waals surface area contributed by atoms with Gasteiger partial charge < -0.3 is 19.7 Å². The summed E-state index contributed by atoms with van der Waals surface area (Å²) < 4.78 is 21.4. The van der Waals surface area contributed by atoms with Crippen LogP contribution in [0, 0.1) is 5.82 Å². The molecule has 0 saturated carbocycles. The van der Waals surface area contributed by atoms with E-state index in [2.05, 4.69) is 5.32 Å². The van der Waals surface area contributed by atoms with Crippen LogP contribution >= 0.6 is 0 Å². The third kappa shape index (κ3) is 3.86. The smallest absolute Gasteiger partial charge is 0.305 e. The lowest BCUT2D eigenvalue weighted by Crippen LogP contribution is -2.50. The Morgan fingerprint density at radius 3 is 2.66 bits per heavy atom. The largest absolute Gasteiger partial charge is 0.481 e. The van der Waals surface area contributed by atoms with E-state index in [0.717, 1.165) is 10.9 Å². The summed E-state index contributed by atoms with van der Waals surface area (Å²) in [6.07, 6.45) is 0.213. The van der Waals surface area contributed by atoms with Gasteiger partial charge in [0.25, 0.3) is 5.91 Å². The van der Waals surface area contributed by atoms with Crippen LogP contribution < -0.4 is 5.32 Å². The number of hydrogen-bond acceptors (Lipinski definition) is 3. The molecule has 150 valence electrons. The molecule has 0 bridgehead atoms. The monoisotopic (exact) mass is 396 g/mol. The molecular weight excluding hydrogens is 375 g/mol. The molecule has 0 spiro atoms. The molecule has 2 N–H and O–H groups in total. The van der Waals surface area contributed by atoms with Gasteiger partial charge in [0.1, 0.15) is 11.5 Å². The molecule has 0 radical (unpaired) electrons. The van der Waals surface area contributed by atoms with Crippen molar-refractivity contribution in [3.05, 3.63) is 71.7 Å². The molecule has 2 heterocycles. The Morgan fingerprint density at radius 1 is 1.17 bits per heavy atom. The summed E-state index contributed by atoms with van der Waals surface area (Å²) in [7, 11) is 0. The quantitative estimate of drug-likeness (QED) is 0.671. The molecule has 1 atom stereocenters. The highest BCUT2D eigenvalue weighted by atomic mass is 19.1. The van der Waals surface area contributed by atoms with Crippen LogP contribution in [0.1, 0.15) is 28.9 Å². The number of carboxylic acids is 1. The van der Waals surface area contributed by atoms with Gasteiger partial charge in [0, 0.05) is 23.1 Å². The van der Waals surface area contributed by atoms with Crippen LogP contribution in [0.25, 0.3) is 10.9 Å². The van der Waals surface area contributed by atoms with Gasteiger partial charge >= 0.3 is 5.97 Å². The summed E-state index contributed by atoms with van der Waals surface area (Å²) in [6, 6.07) is 15.7. The van der Waals surface area contributed by atoms with E-state index in [9.17, 15) is 19.1 Å². The lowest BCUT2D eigenvalue weighted by atomic mass is 9.94. The molecule has 1 aliphatic rings. The molecule has 1 aliphatic heterocycles. The molecule has 4 rings (SSSR count). The number of nitrogens with one attached hydrogen (secondary N) is 1. The molecule has 1 fully saturated rings. The molecule has 6 nitrogen and oxygen atoms in total. The number of carbonyl (C=O) groups is 2. The maximum absolute atomic E-state index is 14.3. The Hall–Kier alpha value is -3.19. The number of aliphatic carboxylic acids is 1. The van der Waals surface area contributed by atoms with E-state index < -0.39 is 17.4 Å². The van der Waals surface area contributed by atoms with Crippen molar-refractivity contribution in [2.24, 2.45) is 0 Å². The number of carbonyl (C=O) groups excluding carboxylic acids is 1. The van der Waals surface area contributed by atoms with Crippen LogP contribution in [0.3, 0.4) is 0 Å². The number of fused-ring (bicyclic) bond motifs is 1. The minimum atomic E-state index is -0.997. The molecule has 3 aromatic rings. The molecular formula is C22H21FN2O4. The zero-order chi connectivity index (χ0) is 20.4. The van der Waals surface area contributed by atoms with Gasteiger partial charge in [-0.1, -0.05) is 36.4 Å². The van der Waals surface area contributed by atoms with E-state index in [0.29, 0.717) is 24.3 Å². The fourth-order valence-electron chi connectivity index (χ4n) is 3.85. The van der Waals surface area contributed by atoms with Crippen molar-refractivity contribution in [2.75, 3.05) is 13.2 Å². The fourth-order valence-corrected chi connectivity index (χ4v) is 3.85. The highest BCUT2D eigenvalue weighted by Gasteiger charge is 2.39. The maximum atomic E-state index is 14.3. The van der Waals surface area contributed by atoms with Gasteiger partial charge in [0.05, 0.1) is 25.1 Å². The number of aromatic nitrogens is 1. The van der Waals surface area contributed by atoms with E-state index in [1.165, 1.54) is 6.07 Å². The zero-order valence-electron chi connectivity index (χ0n) is 15.7. The van der Waals surface area contributed by atoms with Gasteiger partial charge in [-0.2, -0.15) is 0 Å². The van der Waals surface area contributed by atoms with Crippen LogP contribution in [0.2, 0.25) is 0 Å². The third-order valence-corrected chi connectivity index (χ3v) is 5.30. The SMILES string of the molecule is O=C(O)CC1(NC(=O)c2cc3ccccc3n2Cc2ccccc2F)CCOC1. The predicted molar refractivity (Wildman–Crippen MR) is 105 cm³/mol. The standard InChI is InChI=1S/C22H21FN2O4/c23-17-7-3-1-6-16(17)13-25-18-8-4-2-5-15(18)11-19(25)21(28)24-22(12-20(26)27)9-10-29-14-22/h1-8,11H,9-10,12-14H2,(H,24,28)(H,26,27). The van der Waals surface area contributed by atoms with Gasteiger partial charge in [-0.05, 0) is 24.6 Å². The summed E-state index contributed by atoms with van der Waals surface area (Å²) in [5.41, 5.74) is 0.677. The minimum Gasteiger partial charge on any atom is -0.481 e. The Balaban J connectivity index is 1.72. The Kier molecular flexibility index (Phi) is 5.07. The molecule has 1 amide bonds. The first-order valence-electron chi connectivity index (χ1n) is 9.41. The number of carboxylic acid groups (broad SMARTS) is 1. The first kappa shape index (κ1) is 19.1. The summed E-state index contributed by atoms with van der Waals surface area (Å²) in [5.74, 6) is -1.74. The number of benzene rings is 2. The van der Waals surface area contributed by atoms with Crippen LogP contribution in [0.4, 0.5) is 4.39 Å². The lowest BCUT2D eigenvalue weighted by Gasteiger charge is -2.27. The number of para-hydroxylation sites is 1. The van der Waals surface area contributed by atoms with Gasteiger partial charge in [-0.25, -0.2) is 4.39 Å². The van der Waals surface area contributed by atoms with E-state index in [-0.39, 0.29) is 25.4 Å². The summed E-state index contributed by atoms with van der Waals surface area (Å²) in [4.78, 5) is 24.5. The number of nitrogens with zero attached hydrogens (tertiary/aromatic N) is 1. The van der Waals surface area contributed by atoms with Gasteiger partial charge in [0.15, 0.2) is 0 Å². The molecule has 29 heavy (non-hydrogen) atoms. The second kappa shape index (κ2) is 7.67. The molecule has 0 aliphatic carbocycles. The van der Waals surface area contributed by atoms with Crippen molar-refractivity contribution in [2.45, 2.75) is 24.9 Å². The molecule has 1 unspecified atom stereocenters. The molecule has 1 saturated heterocycles. The first-order valence-corrected chi connectivity index (χ1v) is 9.41. The molecule has 1 aromatic heterocycles. The average molecular weight is 396 g/mol. The number of rotatable bonds is 6. The highest BCUT2D eigenvalue weighted by Crippen LogP contribution is 2.26. The Bertz CT molecular complexity index is 1070. The lowest BCUT2D eigenvalue weighted by molar-refractivity contribution is -0.138. The van der Waals surface area contributed by atoms with Crippen LogP contribution in [-0.2, 0) is 16.1 Å². The van der Waals surface area contributed by atoms with E-state index in [1.54, 1.807) is 28.8 Å². The van der Waals surface area contributed by atoms with Gasteiger partial charge in [-0.3, -0.25) is 9.59 Å². The Morgan fingerprint density at radius 2 is 1.93 bits per heavy atom. The third-order valence-electron chi connectivity index (χ3n) is 5.30. The normalized spacial score (nSPS) is 18.8. The van der Waals surface area contributed by atoms with Crippen LogP contribution in [0.5, 0.6) is 0 Å². The van der Waals surface area contributed by atoms with Gasteiger partial charge in [0.2, 0.25) is 0 Å². The van der Waals surface area contributed by atoms with Gasteiger partial charge in [-0.15, -0.1) is 0 Å². The van der Waals surface area contributed by atoms with Crippen molar-refractivity contribution >= 4 is 22.8 Å². The fraction of sp³-hybridized carbons (Fsp3) is 0.273. The second-order valence-electron chi connectivity index (χ2n) is 7.37. The number of amides is 1. The van der Waals surface area contributed by atoms with Crippen molar-refractivity contribution in [1.82, 2.24) is 9.88 Å². The van der Waals surface area contributed by atoms with Crippen molar-refractivity contribution in [3.8, 4) is 0 Å². The van der Waals surface area contributed by atoms with E-state index in [1.807, 2.05) is 24.3 Å². The van der Waals surface area contributed by atoms with Crippen molar-refractivity contribution in [3.63, 3.8) is 0 Å². The summed E-state index contributed by atoms with van der Waals surface area (Å²) in [5, 5.41) is 13.0. The Labute approximate surface area is 166 Å². The topological polar surface area (TPSA) is 80.6 Å². The predicted octanol–water partition coefficient (Wildman–Crippen LogP) is 3.19. The van der Waals surface area contributed by atoms with E-state index >= 15 is 0 Å².